The predicted molar refractivity (Wildman–Crippen MR) is 128 cm³/mol. The van der Waals surface area contributed by atoms with Crippen molar-refractivity contribution in [2.45, 2.75) is 106 Å². The summed E-state index contributed by atoms with van der Waals surface area (Å²) < 4.78 is 23.7. The summed E-state index contributed by atoms with van der Waals surface area (Å²) in [4.78, 5) is 0. The minimum Gasteiger partial charge on any atom is -0.466 e. The average Bonchev–Trinajstić information content (AvgIpc) is 2.77. The average molecular weight is 505 g/mol. The van der Waals surface area contributed by atoms with Crippen molar-refractivity contribution < 1.29 is 34.3 Å². The largest absolute Gasteiger partial charge is 0.466 e. The van der Waals surface area contributed by atoms with Gasteiger partial charge in [0.2, 0.25) is 6.29 Å². The molecule has 2 unspecified atom stereocenters. The van der Waals surface area contributed by atoms with E-state index >= 15 is 0 Å². The Morgan fingerprint density at radius 3 is 2.20 bits per heavy atom. The van der Waals surface area contributed by atoms with E-state index in [2.05, 4.69) is 10.6 Å². The van der Waals surface area contributed by atoms with Crippen molar-refractivity contribution in [3.8, 4) is 0 Å². The fourth-order valence-electron chi connectivity index (χ4n) is 5.14. The maximum Gasteiger partial charge on any atom is 0.215 e. The lowest BCUT2D eigenvalue weighted by Gasteiger charge is -2.48. The molecule has 13 nitrogen and oxygen atoms in total. The molecule has 13 heteroatoms. The van der Waals surface area contributed by atoms with E-state index in [-0.39, 0.29) is 25.1 Å². The van der Waals surface area contributed by atoms with Crippen LogP contribution in [0.2, 0.25) is 0 Å². The molecule has 0 aromatic heterocycles. The zero-order valence-electron chi connectivity index (χ0n) is 20.9. The first kappa shape index (κ1) is 28.6. The van der Waals surface area contributed by atoms with Crippen LogP contribution in [-0.2, 0) is 18.9 Å². The fourth-order valence-corrected chi connectivity index (χ4v) is 5.14. The van der Waals surface area contributed by atoms with Gasteiger partial charge in [-0.1, -0.05) is 0 Å². The molecule has 35 heavy (non-hydrogen) atoms. The van der Waals surface area contributed by atoms with Gasteiger partial charge < -0.3 is 67.8 Å². The number of nitrogens with two attached hydrogens (primary N) is 4. The van der Waals surface area contributed by atoms with Crippen LogP contribution in [0.4, 0.5) is 0 Å². The van der Waals surface area contributed by atoms with E-state index in [9.17, 15) is 15.3 Å². The van der Waals surface area contributed by atoms with Crippen molar-refractivity contribution in [1.82, 2.24) is 10.6 Å². The van der Waals surface area contributed by atoms with Crippen molar-refractivity contribution in [1.29, 1.82) is 0 Å². The smallest absolute Gasteiger partial charge is 0.215 e. The van der Waals surface area contributed by atoms with Crippen LogP contribution in [0.15, 0.2) is 11.8 Å². The normalized spacial score (nSPS) is 46.4. The summed E-state index contributed by atoms with van der Waals surface area (Å²) in [7, 11) is 3.40. The third kappa shape index (κ3) is 6.14. The zero-order valence-corrected chi connectivity index (χ0v) is 20.9. The van der Waals surface area contributed by atoms with Gasteiger partial charge >= 0.3 is 0 Å². The Balaban J connectivity index is 1.71. The Bertz CT molecular complexity index is 728. The predicted octanol–water partition coefficient (Wildman–Crippen LogP) is -3.87. The summed E-state index contributed by atoms with van der Waals surface area (Å²) in [6.45, 7) is 3.33. The quantitative estimate of drug-likeness (QED) is 0.154. The number of hydrogen-bond acceptors (Lipinski definition) is 13. The molecule has 13 atom stereocenters. The first-order valence-corrected chi connectivity index (χ1v) is 12.2. The Labute approximate surface area is 206 Å². The van der Waals surface area contributed by atoms with Gasteiger partial charge in [-0.2, -0.15) is 0 Å². The number of rotatable bonds is 8. The summed E-state index contributed by atoms with van der Waals surface area (Å²) in [5.74, 6) is 0.612. The highest BCUT2D eigenvalue weighted by molar-refractivity contribution is 5.11. The topological polar surface area (TPSA) is 226 Å². The van der Waals surface area contributed by atoms with Crippen LogP contribution in [0.25, 0.3) is 0 Å². The molecule has 0 aromatic rings. The van der Waals surface area contributed by atoms with E-state index in [4.69, 9.17) is 41.9 Å². The molecule has 0 amide bonds. The zero-order chi connectivity index (χ0) is 26.1. The van der Waals surface area contributed by atoms with Crippen LogP contribution >= 0.6 is 0 Å². The monoisotopic (exact) mass is 504 g/mol. The lowest BCUT2D eigenvalue weighted by Crippen LogP contribution is -2.68. The minimum absolute atomic E-state index is 0.0796. The van der Waals surface area contributed by atoms with Crippen LogP contribution < -0.4 is 33.6 Å². The summed E-state index contributed by atoms with van der Waals surface area (Å²) in [5, 5.41) is 38.4. The number of hydrogen-bond donors (Lipinski definition) is 9. The molecule has 0 spiro atoms. The van der Waals surface area contributed by atoms with Gasteiger partial charge in [0.15, 0.2) is 6.29 Å². The van der Waals surface area contributed by atoms with Crippen LogP contribution in [0.5, 0.6) is 0 Å². The molecule has 0 aromatic carbocycles. The lowest BCUT2D eigenvalue weighted by molar-refractivity contribution is -0.303. The summed E-state index contributed by atoms with van der Waals surface area (Å²) in [5.41, 5.74) is 23.6. The van der Waals surface area contributed by atoms with Gasteiger partial charge in [0, 0.05) is 18.1 Å². The minimum atomic E-state index is -1.30. The molecule has 3 aliphatic rings. The third-order valence-electron chi connectivity index (χ3n) is 7.12. The van der Waals surface area contributed by atoms with Gasteiger partial charge in [-0.05, 0) is 46.9 Å². The van der Waals surface area contributed by atoms with Crippen molar-refractivity contribution in [2.24, 2.45) is 22.9 Å². The van der Waals surface area contributed by atoms with Gasteiger partial charge in [0.25, 0.3) is 0 Å². The number of ether oxygens (including phenoxy) is 4. The molecule has 204 valence electrons. The van der Waals surface area contributed by atoms with E-state index in [0.717, 1.165) is 0 Å². The number of aliphatic hydroxyl groups excluding tert-OH is 2. The highest BCUT2D eigenvalue weighted by Gasteiger charge is 2.50. The van der Waals surface area contributed by atoms with Crippen molar-refractivity contribution in [2.75, 3.05) is 20.7 Å². The molecule has 1 saturated heterocycles. The second-order valence-corrected chi connectivity index (χ2v) is 10.2. The molecule has 1 aliphatic carbocycles. The van der Waals surface area contributed by atoms with Crippen molar-refractivity contribution in [3.63, 3.8) is 0 Å². The molecular formula is C22H44N6O7. The van der Waals surface area contributed by atoms with E-state index in [1.165, 1.54) is 0 Å². The van der Waals surface area contributed by atoms with Gasteiger partial charge in [-0.15, -0.1) is 0 Å². The van der Waals surface area contributed by atoms with Gasteiger partial charge in [0.05, 0.1) is 24.7 Å². The lowest BCUT2D eigenvalue weighted by atomic mass is 9.84. The van der Waals surface area contributed by atoms with Crippen molar-refractivity contribution >= 4 is 0 Å². The maximum atomic E-state index is 11.2. The van der Waals surface area contributed by atoms with Crippen LogP contribution in [0.1, 0.15) is 26.7 Å². The molecule has 0 radical (unpaired) electrons. The number of aliphatic hydroxyl groups is 3. The van der Waals surface area contributed by atoms with E-state index < -0.39 is 66.8 Å². The Hall–Kier alpha value is -0.940. The maximum absolute atomic E-state index is 11.2. The van der Waals surface area contributed by atoms with Gasteiger partial charge in [-0.3, -0.25) is 0 Å². The SMILES string of the molecule is CNC(C1=CC[C@@H](N)[C@@H](O[C@H]2[C@H](O)[C@@H](O[C@H]3OC[C@](C)(O)[C@H](NC)[C@H]3O)[C@H](N)C[C@@H]2N)O1)C(C)N. The molecule has 13 N–H and O–H groups in total. The second kappa shape index (κ2) is 11.6. The summed E-state index contributed by atoms with van der Waals surface area (Å²) in [6.07, 6.45) is -3.66. The number of likely N-dealkylation sites (N-methyl/N-ethyl adjacent to an activating group) is 2. The van der Waals surface area contributed by atoms with Crippen molar-refractivity contribution in [3.05, 3.63) is 11.8 Å². The molecule has 0 bridgehead atoms. The molecule has 2 fully saturated rings. The molecule has 1 saturated carbocycles. The highest BCUT2D eigenvalue weighted by Crippen LogP contribution is 2.31. The molecular weight excluding hydrogens is 460 g/mol. The van der Waals surface area contributed by atoms with Crippen LogP contribution in [-0.4, -0.2) is 115 Å². The Kier molecular flexibility index (Phi) is 9.51. The van der Waals surface area contributed by atoms with Gasteiger partial charge in [0.1, 0.15) is 35.8 Å². The summed E-state index contributed by atoms with van der Waals surface area (Å²) >= 11 is 0. The van der Waals surface area contributed by atoms with Crippen LogP contribution in [0, 0.1) is 0 Å². The highest BCUT2D eigenvalue weighted by atomic mass is 16.7. The third-order valence-corrected chi connectivity index (χ3v) is 7.12. The Morgan fingerprint density at radius 2 is 1.66 bits per heavy atom. The Morgan fingerprint density at radius 1 is 1.06 bits per heavy atom. The molecule has 2 heterocycles. The van der Waals surface area contributed by atoms with E-state index in [1.807, 2.05) is 13.0 Å². The first-order chi connectivity index (χ1) is 16.4. The number of nitrogens with one attached hydrogen (secondary N) is 2. The van der Waals surface area contributed by atoms with E-state index in [1.54, 1.807) is 21.0 Å². The van der Waals surface area contributed by atoms with Gasteiger partial charge in [-0.25, -0.2) is 0 Å². The molecule has 3 rings (SSSR count). The fraction of sp³-hybridized carbons (Fsp3) is 0.909. The summed E-state index contributed by atoms with van der Waals surface area (Å²) in [6, 6.07) is -2.90. The molecule has 2 aliphatic heterocycles. The first-order valence-electron chi connectivity index (χ1n) is 12.2. The van der Waals surface area contributed by atoms with Crippen LogP contribution in [0.3, 0.4) is 0 Å². The second-order valence-electron chi connectivity index (χ2n) is 10.2. The standard InChI is InChI=1S/C22H44N6O7/c1-9(23)14(27-3)13-6-5-10(24)20(33-13)34-17-11(25)7-12(26)18(15(17)29)35-21-16(30)19(28-4)22(2,31)8-32-21/h6,9-12,14-21,27-31H,5,7-8,23-26H2,1-4H3/t9?,10-,11+,12-,14?,15+,16-,17-,18+,19-,20-,21-,22+/m1/s1. The van der Waals surface area contributed by atoms with E-state index in [0.29, 0.717) is 12.2 Å².